The van der Waals surface area contributed by atoms with Crippen molar-refractivity contribution < 1.29 is 0 Å². The fourth-order valence-corrected chi connectivity index (χ4v) is 1.93. The molecule has 0 saturated heterocycles. The predicted octanol–water partition coefficient (Wildman–Crippen LogP) is 3.67. The third kappa shape index (κ3) is 2.68. The molecule has 18 heavy (non-hydrogen) atoms. The first kappa shape index (κ1) is 12.6. The molecule has 0 aromatic heterocycles. The summed E-state index contributed by atoms with van der Waals surface area (Å²) in [5.41, 5.74) is 2.14. The second kappa shape index (κ2) is 5.65. The average Bonchev–Trinajstić information content (AvgIpc) is 2.41. The van der Waals surface area contributed by atoms with Crippen molar-refractivity contribution in [1.29, 1.82) is 0 Å². The minimum Gasteiger partial charge on any atom is -0.355 e. The first-order valence-electron chi connectivity index (χ1n) is 5.81. The van der Waals surface area contributed by atoms with Crippen LogP contribution in [0.2, 0.25) is 0 Å². The average molecular weight is 256 g/mol. The molecule has 0 spiro atoms. The van der Waals surface area contributed by atoms with Crippen molar-refractivity contribution in [3.8, 4) is 0 Å². The zero-order valence-corrected chi connectivity index (χ0v) is 11.4. The maximum absolute atomic E-state index is 5.52. The summed E-state index contributed by atoms with van der Waals surface area (Å²) >= 11 is 5.52. The van der Waals surface area contributed by atoms with E-state index in [2.05, 4.69) is 29.2 Å². The van der Waals surface area contributed by atoms with Gasteiger partial charge in [0.25, 0.3) is 0 Å². The molecule has 0 bridgehead atoms. The second-order valence-corrected chi connectivity index (χ2v) is 4.55. The molecule has 2 rings (SSSR count). The highest BCUT2D eigenvalue weighted by Crippen LogP contribution is 2.25. The van der Waals surface area contributed by atoms with E-state index in [4.69, 9.17) is 12.2 Å². The Bertz CT molecular complexity index is 469. The Kier molecular flexibility index (Phi) is 3.95. The number of thiocarbonyl (C=S) groups is 1. The van der Waals surface area contributed by atoms with Gasteiger partial charge in [-0.25, -0.2) is 0 Å². The first-order chi connectivity index (χ1) is 8.70. The summed E-state index contributed by atoms with van der Waals surface area (Å²) in [4.78, 5) is 4.00. The van der Waals surface area contributed by atoms with Gasteiger partial charge in [-0.1, -0.05) is 36.4 Å². The molecule has 3 heteroatoms. The van der Waals surface area contributed by atoms with Crippen LogP contribution in [0.4, 0.5) is 11.4 Å². The van der Waals surface area contributed by atoms with Gasteiger partial charge in [0.15, 0.2) is 5.11 Å². The van der Waals surface area contributed by atoms with Crippen molar-refractivity contribution in [2.75, 3.05) is 19.0 Å². The maximum atomic E-state index is 5.52. The molecule has 0 fully saturated rings. The zero-order valence-electron chi connectivity index (χ0n) is 10.6. The van der Waals surface area contributed by atoms with Crippen molar-refractivity contribution >= 4 is 28.7 Å². The molecule has 0 unspecified atom stereocenters. The van der Waals surface area contributed by atoms with Crippen LogP contribution in [0, 0.1) is 0 Å². The Hall–Kier alpha value is -1.87. The molecule has 2 aromatic carbocycles. The topological polar surface area (TPSA) is 6.48 Å². The molecule has 2 nitrogen and oxygen atoms in total. The summed E-state index contributed by atoms with van der Waals surface area (Å²) in [6.07, 6.45) is 0. The predicted molar refractivity (Wildman–Crippen MR) is 81.3 cm³/mol. The van der Waals surface area contributed by atoms with Gasteiger partial charge in [-0.15, -0.1) is 0 Å². The minimum atomic E-state index is 0.771. The molecule has 0 aliphatic carbocycles. The van der Waals surface area contributed by atoms with Crippen LogP contribution in [0.3, 0.4) is 0 Å². The summed E-state index contributed by atoms with van der Waals surface area (Å²) in [6, 6.07) is 20.3. The van der Waals surface area contributed by atoms with Gasteiger partial charge in [-0.2, -0.15) is 0 Å². The van der Waals surface area contributed by atoms with Crippen LogP contribution < -0.4 is 4.90 Å². The lowest BCUT2D eigenvalue weighted by Crippen LogP contribution is -2.35. The Labute approximate surface area is 113 Å². The molecule has 0 aliphatic rings. The Morgan fingerprint density at radius 3 is 1.50 bits per heavy atom. The number of rotatable bonds is 2. The van der Waals surface area contributed by atoms with E-state index in [1.165, 1.54) is 0 Å². The van der Waals surface area contributed by atoms with Crippen LogP contribution in [-0.4, -0.2) is 24.1 Å². The van der Waals surface area contributed by atoms with Gasteiger partial charge in [0.2, 0.25) is 0 Å². The molecule has 0 saturated carbocycles. The van der Waals surface area contributed by atoms with Crippen LogP contribution in [0.15, 0.2) is 60.7 Å². The van der Waals surface area contributed by atoms with E-state index >= 15 is 0 Å². The van der Waals surface area contributed by atoms with Crippen molar-refractivity contribution in [3.63, 3.8) is 0 Å². The molecule has 2 aromatic rings. The lowest BCUT2D eigenvalue weighted by molar-refractivity contribution is 0.626. The summed E-state index contributed by atoms with van der Waals surface area (Å²) in [6.45, 7) is 0. The van der Waals surface area contributed by atoms with Crippen LogP contribution in [0.25, 0.3) is 0 Å². The van der Waals surface area contributed by atoms with E-state index in [0.717, 1.165) is 16.5 Å². The van der Waals surface area contributed by atoms with Crippen molar-refractivity contribution in [3.05, 3.63) is 60.7 Å². The van der Waals surface area contributed by atoms with Crippen LogP contribution >= 0.6 is 12.2 Å². The Morgan fingerprint density at radius 2 is 1.17 bits per heavy atom. The van der Waals surface area contributed by atoms with Gasteiger partial charge >= 0.3 is 0 Å². The Balaban J connectivity index is 2.45. The number of anilines is 2. The number of hydrogen-bond acceptors (Lipinski definition) is 1. The third-order valence-electron chi connectivity index (χ3n) is 2.60. The third-order valence-corrected chi connectivity index (χ3v) is 3.15. The van der Waals surface area contributed by atoms with Gasteiger partial charge in [0.05, 0.1) is 0 Å². The number of nitrogens with zero attached hydrogens (tertiary/aromatic N) is 2. The second-order valence-electron chi connectivity index (χ2n) is 4.18. The van der Waals surface area contributed by atoms with Crippen LogP contribution in [0.1, 0.15) is 0 Å². The number of benzene rings is 2. The Morgan fingerprint density at radius 1 is 0.778 bits per heavy atom. The van der Waals surface area contributed by atoms with Gasteiger partial charge in [0, 0.05) is 25.5 Å². The molecule has 0 aliphatic heterocycles. The highest BCUT2D eigenvalue weighted by atomic mass is 32.1. The maximum Gasteiger partial charge on any atom is 0.180 e. The van der Waals surface area contributed by atoms with E-state index < -0.39 is 0 Å². The van der Waals surface area contributed by atoms with E-state index in [1.54, 1.807) is 0 Å². The van der Waals surface area contributed by atoms with Gasteiger partial charge in [0.1, 0.15) is 0 Å². The van der Waals surface area contributed by atoms with Crippen LogP contribution in [-0.2, 0) is 0 Å². The summed E-state index contributed by atoms with van der Waals surface area (Å²) < 4.78 is 0. The highest BCUT2D eigenvalue weighted by Gasteiger charge is 2.15. The fourth-order valence-electron chi connectivity index (χ4n) is 1.72. The molecular weight excluding hydrogens is 240 g/mol. The van der Waals surface area contributed by atoms with Crippen molar-refractivity contribution in [1.82, 2.24) is 4.90 Å². The van der Waals surface area contributed by atoms with E-state index in [9.17, 15) is 0 Å². The molecule has 0 amide bonds. The lowest BCUT2D eigenvalue weighted by atomic mass is 10.2. The van der Waals surface area contributed by atoms with Crippen molar-refractivity contribution in [2.45, 2.75) is 0 Å². The first-order valence-corrected chi connectivity index (χ1v) is 6.22. The highest BCUT2D eigenvalue weighted by molar-refractivity contribution is 7.80. The van der Waals surface area contributed by atoms with Gasteiger partial charge in [-0.05, 0) is 36.5 Å². The van der Waals surface area contributed by atoms with E-state index in [1.807, 2.05) is 55.4 Å². The quantitative estimate of drug-likeness (QED) is 0.757. The number of para-hydroxylation sites is 2. The van der Waals surface area contributed by atoms with E-state index in [0.29, 0.717) is 0 Å². The van der Waals surface area contributed by atoms with Crippen LogP contribution in [0.5, 0.6) is 0 Å². The normalized spacial score (nSPS) is 9.89. The summed E-state index contributed by atoms with van der Waals surface area (Å²) in [5.74, 6) is 0. The monoisotopic (exact) mass is 256 g/mol. The van der Waals surface area contributed by atoms with Gasteiger partial charge in [-0.3, -0.25) is 4.90 Å². The summed E-state index contributed by atoms with van der Waals surface area (Å²) in [5, 5.41) is 0.771. The minimum absolute atomic E-state index is 0.771. The van der Waals surface area contributed by atoms with Crippen molar-refractivity contribution in [2.24, 2.45) is 0 Å². The lowest BCUT2D eigenvalue weighted by Gasteiger charge is -2.29. The molecule has 0 N–H and O–H groups in total. The number of hydrogen-bond donors (Lipinski definition) is 0. The van der Waals surface area contributed by atoms with Gasteiger partial charge < -0.3 is 4.90 Å². The zero-order chi connectivity index (χ0) is 13.0. The molecule has 0 heterocycles. The molecule has 0 atom stereocenters. The smallest absolute Gasteiger partial charge is 0.180 e. The summed E-state index contributed by atoms with van der Waals surface area (Å²) in [7, 11) is 3.92. The van der Waals surface area contributed by atoms with E-state index in [-0.39, 0.29) is 0 Å². The molecular formula is C15H16N2S. The molecule has 0 radical (unpaired) electrons. The SMILES string of the molecule is CN(C)C(=S)N(c1ccccc1)c1ccccc1. The fraction of sp³-hybridized carbons (Fsp3) is 0.133. The standard InChI is InChI=1S/C15H16N2S/c1-16(2)15(18)17(13-9-5-3-6-10-13)14-11-7-4-8-12-14/h3-12H,1-2H3. The largest absolute Gasteiger partial charge is 0.355 e. The molecule has 92 valence electrons.